The number of hydrogen-bond donors (Lipinski definition) is 1. The number of hydrogen-bond acceptors (Lipinski definition) is 4. The fourth-order valence-corrected chi connectivity index (χ4v) is 4.20. The first-order valence-corrected chi connectivity index (χ1v) is 11.9. The number of nitrogens with one attached hydrogen (secondary N) is 1. The van der Waals surface area contributed by atoms with E-state index in [2.05, 4.69) is 46.3 Å². The van der Waals surface area contributed by atoms with Gasteiger partial charge in [-0.05, 0) is 47.9 Å². The number of halogens is 4. The van der Waals surface area contributed by atoms with Crippen molar-refractivity contribution < 1.29 is 27.4 Å². The van der Waals surface area contributed by atoms with Crippen molar-refractivity contribution in [2.24, 2.45) is 0 Å². The van der Waals surface area contributed by atoms with E-state index in [1.54, 1.807) is 18.2 Å². The van der Waals surface area contributed by atoms with Crippen LogP contribution in [-0.2, 0) is 23.9 Å². The van der Waals surface area contributed by atoms with Crippen LogP contribution in [0.25, 0.3) is 0 Å². The molecule has 0 aromatic heterocycles. The van der Waals surface area contributed by atoms with Crippen LogP contribution in [0, 0.1) is 11.8 Å². The average molecular weight is 529 g/mol. The maximum Gasteiger partial charge on any atom is 0.416 e. The van der Waals surface area contributed by atoms with Gasteiger partial charge in [-0.15, -0.1) is 0 Å². The van der Waals surface area contributed by atoms with E-state index in [1.807, 2.05) is 0 Å². The molecule has 1 N–H and O–H groups in total. The van der Waals surface area contributed by atoms with Crippen molar-refractivity contribution in [2.75, 3.05) is 32.1 Å². The molecular weight excluding hydrogens is 505 g/mol. The first-order chi connectivity index (χ1) is 17.7. The lowest BCUT2D eigenvalue weighted by molar-refractivity contribution is -0.137. The zero-order valence-corrected chi connectivity index (χ0v) is 20.7. The van der Waals surface area contributed by atoms with E-state index in [-0.39, 0.29) is 10.6 Å². The molecule has 3 aromatic rings. The van der Waals surface area contributed by atoms with Crippen molar-refractivity contribution >= 4 is 23.2 Å². The summed E-state index contributed by atoms with van der Waals surface area (Å²) in [6.45, 7) is 3.10. The molecule has 1 amide bonds. The summed E-state index contributed by atoms with van der Waals surface area (Å²) < 4.78 is 49.6. The second-order valence-electron chi connectivity index (χ2n) is 8.41. The van der Waals surface area contributed by atoms with Crippen molar-refractivity contribution in [3.05, 3.63) is 87.9 Å². The molecule has 0 unspecified atom stereocenters. The van der Waals surface area contributed by atoms with Gasteiger partial charge < -0.3 is 14.8 Å². The molecule has 0 fully saturated rings. The van der Waals surface area contributed by atoms with E-state index in [0.717, 1.165) is 44.3 Å². The number of anilines is 1. The Kier molecular flexibility index (Phi) is 8.27. The van der Waals surface area contributed by atoms with E-state index >= 15 is 0 Å². The molecule has 0 saturated heterocycles. The minimum Gasteiger partial charge on any atom is -0.493 e. The van der Waals surface area contributed by atoms with Gasteiger partial charge in [0.25, 0.3) is 0 Å². The van der Waals surface area contributed by atoms with Crippen LogP contribution in [-0.4, -0.2) is 37.6 Å². The van der Waals surface area contributed by atoms with Crippen LogP contribution in [0.1, 0.15) is 22.3 Å². The van der Waals surface area contributed by atoms with Gasteiger partial charge in [-0.3, -0.25) is 9.69 Å². The molecule has 4 rings (SSSR count). The quantitative estimate of drug-likeness (QED) is 0.411. The average Bonchev–Trinajstić information content (AvgIpc) is 2.88. The molecule has 192 valence electrons. The normalized spacial score (nSPS) is 13.2. The molecular formula is C28H24ClF3N2O3. The van der Waals surface area contributed by atoms with Gasteiger partial charge in [-0.25, -0.2) is 0 Å². The van der Waals surface area contributed by atoms with Gasteiger partial charge in [0, 0.05) is 42.9 Å². The fourth-order valence-electron chi connectivity index (χ4n) is 3.97. The number of nitrogens with zero attached hydrogens (tertiary/aromatic N) is 1. The van der Waals surface area contributed by atoms with Crippen molar-refractivity contribution in [2.45, 2.75) is 19.1 Å². The van der Waals surface area contributed by atoms with E-state index in [0.29, 0.717) is 23.8 Å². The third-order valence-electron chi connectivity index (χ3n) is 5.90. The summed E-state index contributed by atoms with van der Waals surface area (Å²) in [6, 6.07) is 16.2. The zero-order chi connectivity index (χ0) is 26.4. The van der Waals surface area contributed by atoms with Crippen molar-refractivity contribution in [3.63, 3.8) is 0 Å². The number of methoxy groups -OCH3 is 1. The molecule has 5 nitrogen and oxygen atoms in total. The Morgan fingerprint density at radius 1 is 1.08 bits per heavy atom. The zero-order valence-electron chi connectivity index (χ0n) is 20.0. The Bertz CT molecular complexity index is 1350. The lowest BCUT2D eigenvalue weighted by Gasteiger charge is -2.28. The van der Waals surface area contributed by atoms with E-state index in [9.17, 15) is 18.0 Å². The Balaban J connectivity index is 1.32. The third-order valence-corrected chi connectivity index (χ3v) is 6.22. The molecule has 0 spiro atoms. The van der Waals surface area contributed by atoms with Crippen LogP contribution in [0.2, 0.25) is 5.02 Å². The van der Waals surface area contributed by atoms with Gasteiger partial charge in [0.05, 0.1) is 17.7 Å². The number of fused-ring (bicyclic) bond motifs is 1. The predicted molar refractivity (Wildman–Crippen MR) is 136 cm³/mol. The Labute approximate surface area is 218 Å². The summed E-state index contributed by atoms with van der Waals surface area (Å²) in [5, 5.41) is 2.42. The number of benzene rings is 3. The summed E-state index contributed by atoms with van der Waals surface area (Å²) >= 11 is 5.88. The molecule has 0 bridgehead atoms. The summed E-state index contributed by atoms with van der Waals surface area (Å²) in [6.07, 6.45) is -3.50. The Morgan fingerprint density at radius 3 is 2.59 bits per heavy atom. The first-order valence-electron chi connectivity index (χ1n) is 11.5. The molecule has 1 aliphatic heterocycles. The summed E-state index contributed by atoms with van der Waals surface area (Å²) in [5.74, 6) is 5.16. The number of carbonyl (C=O) groups is 1. The highest BCUT2D eigenvalue weighted by Gasteiger charge is 2.30. The Morgan fingerprint density at radius 2 is 1.86 bits per heavy atom. The molecule has 0 atom stereocenters. The maximum absolute atomic E-state index is 12.8. The smallest absolute Gasteiger partial charge is 0.416 e. The topological polar surface area (TPSA) is 50.8 Å². The second-order valence-corrected chi connectivity index (χ2v) is 8.81. The number of ether oxygens (including phenoxy) is 2. The van der Waals surface area contributed by atoms with Gasteiger partial charge in [0.15, 0.2) is 11.5 Å². The number of carbonyl (C=O) groups excluding carboxylic acids is 1. The van der Waals surface area contributed by atoms with Crippen LogP contribution in [0.3, 0.4) is 0 Å². The SMILES string of the molecule is COc1cc(NC(=O)C#Cc2ccc(C(F)(F)F)cc2Cl)ccc1OCCN1CCc2ccccc2C1. The van der Waals surface area contributed by atoms with Crippen LogP contribution >= 0.6 is 11.6 Å². The summed E-state index contributed by atoms with van der Waals surface area (Å²) in [4.78, 5) is 14.6. The third kappa shape index (κ3) is 6.97. The van der Waals surface area contributed by atoms with Crippen molar-refractivity contribution in [3.8, 4) is 23.3 Å². The minimum absolute atomic E-state index is 0.114. The Hall–Kier alpha value is -3.67. The monoisotopic (exact) mass is 528 g/mol. The molecule has 9 heteroatoms. The maximum atomic E-state index is 12.8. The highest BCUT2D eigenvalue weighted by atomic mass is 35.5. The van der Waals surface area contributed by atoms with Gasteiger partial charge in [-0.2, -0.15) is 13.2 Å². The molecule has 37 heavy (non-hydrogen) atoms. The number of amides is 1. The van der Waals surface area contributed by atoms with Gasteiger partial charge in [-0.1, -0.05) is 41.8 Å². The molecule has 1 aliphatic rings. The molecule has 1 heterocycles. The first kappa shape index (κ1) is 26.4. The van der Waals surface area contributed by atoms with Gasteiger partial charge in [0.1, 0.15) is 6.61 Å². The van der Waals surface area contributed by atoms with Crippen molar-refractivity contribution in [1.29, 1.82) is 0 Å². The summed E-state index contributed by atoms with van der Waals surface area (Å²) in [5.41, 5.74) is 2.39. The standard InChI is InChI=1S/C28H24ClF3N2O3/c1-36-26-17-23(33-27(35)11-7-20-6-8-22(16-24(20)29)28(30,31)32)9-10-25(26)37-15-14-34-13-12-19-4-2-3-5-21(19)18-34/h2-6,8-10,16-17H,12-15,18H2,1H3,(H,33,35). The lowest BCUT2D eigenvalue weighted by Crippen LogP contribution is -2.33. The summed E-state index contributed by atoms with van der Waals surface area (Å²) in [7, 11) is 1.50. The van der Waals surface area contributed by atoms with E-state index < -0.39 is 17.6 Å². The van der Waals surface area contributed by atoms with Crippen LogP contribution in [0.4, 0.5) is 18.9 Å². The highest BCUT2D eigenvalue weighted by molar-refractivity contribution is 6.31. The van der Waals surface area contributed by atoms with Crippen LogP contribution in [0.15, 0.2) is 60.7 Å². The molecule has 0 radical (unpaired) electrons. The largest absolute Gasteiger partial charge is 0.493 e. The van der Waals surface area contributed by atoms with Crippen LogP contribution < -0.4 is 14.8 Å². The fraction of sp³-hybridized carbons (Fsp3) is 0.250. The van der Waals surface area contributed by atoms with E-state index in [1.165, 1.54) is 18.2 Å². The number of alkyl halides is 3. The van der Waals surface area contributed by atoms with Crippen LogP contribution in [0.5, 0.6) is 11.5 Å². The molecule has 0 aliphatic carbocycles. The second kappa shape index (κ2) is 11.6. The van der Waals surface area contributed by atoms with E-state index in [4.69, 9.17) is 21.1 Å². The number of rotatable bonds is 6. The predicted octanol–water partition coefficient (Wildman–Crippen LogP) is 5.79. The highest BCUT2D eigenvalue weighted by Crippen LogP contribution is 2.32. The molecule has 3 aromatic carbocycles. The minimum atomic E-state index is -4.51. The lowest BCUT2D eigenvalue weighted by atomic mass is 10.0. The van der Waals surface area contributed by atoms with Gasteiger partial charge >= 0.3 is 12.1 Å². The van der Waals surface area contributed by atoms with Crippen molar-refractivity contribution in [1.82, 2.24) is 4.90 Å². The van der Waals surface area contributed by atoms with Gasteiger partial charge in [0.2, 0.25) is 0 Å². The molecule has 0 saturated carbocycles.